The molecule has 1 saturated heterocycles. The number of hydrogen-bond acceptors (Lipinski definition) is 6. The van der Waals surface area contributed by atoms with Gasteiger partial charge >= 0.3 is 5.97 Å². The number of sulfonamides is 1. The summed E-state index contributed by atoms with van der Waals surface area (Å²) in [6.45, 7) is 2.15. The van der Waals surface area contributed by atoms with Gasteiger partial charge in [-0.1, -0.05) is 25.3 Å². The van der Waals surface area contributed by atoms with Crippen LogP contribution in [0.5, 0.6) is 0 Å². The Bertz CT molecular complexity index is 764. The van der Waals surface area contributed by atoms with E-state index in [1.165, 1.54) is 22.1 Å². The molecule has 1 aliphatic heterocycles. The molecular weight excluding hydrogens is 400 g/mol. The number of thiophene rings is 1. The fourth-order valence-corrected chi connectivity index (χ4v) is 6.37. The third kappa shape index (κ3) is 5.12. The van der Waals surface area contributed by atoms with Crippen LogP contribution < -0.4 is 5.32 Å². The van der Waals surface area contributed by atoms with Gasteiger partial charge in [0.15, 0.2) is 6.10 Å². The van der Waals surface area contributed by atoms with Crippen LogP contribution in [0.1, 0.15) is 51.9 Å². The first-order valence-corrected chi connectivity index (χ1v) is 12.2. The van der Waals surface area contributed by atoms with Crippen molar-refractivity contribution in [3.63, 3.8) is 0 Å². The first-order valence-electron chi connectivity index (χ1n) is 9.92. The van der Waals surface area contributed by atoms with E-state index in [1.807, 2.05) is 0 Å². The van der Waals surface area contributed by atoms with E-state index in [4.69, 9.17) is 4.74 Å². The zero-order valence-corrected chi connectivity index (χ0v) is 17.8. The van der Waals surface area contributed by atoms with Gasteiger partial charge in [-0.05, 0) is 44.1 Å². The summed E-state index contributed by atoms with van der Waals surface area (Å²) in [4.78, 5) is 24.7. The molecule has 7 nitrogen and oxygen atoms in total. The summed E-state index contributed by atoms with van der Waals surface area (Å²) in [6, 6.07) is 3.47. The summed E-state index contributed by atoms with van der Waals surface area (Å²) >= 11 is 1.19. The minimum absolute atomic E-state index is 0.174. The smallest absolute Gasteiger partial charge is 0.309 e. The van der Waals surface area contributed by atoms with E-state index in [-0.39, 0.29) is 31.0 Å². The Morgan fingerprint density at radius 3 is 2.46 bits per heavy atom. The van der Waals surface area contributed by atoms with Crippen LogP contribution in [0.3, 0.4) is 0 Å². The van der Waals surface area contributed by atoms with Crippen molar-refractivity contribution in [3.05, 3.63) is 17.5 Å². The lowest BCUT2D eigenvalue weighted by molar-refractivity contribution is -0.160. The summed E-state index contributed by atoms with van der Waals surface area (Å²) in [7, 11) is -3.49. The number of esters is 1. The average molecular weight is 429 g/mol. The van der Waals surface area contributed by atoms with Crippen molar-refractivity contribution >= 4 is 33.2 Å². The van der Waals surface area contributed by atoms with Crippen LogP contribution in [0.15, 0.2) is 21.7 Å². The van der Waals surface area contributed by atoms with Crippen LogP contribution in [0.25, 0.3) is 0 Å². The van der Waals surface area contributed by atoms with Crippen molar-refractivity contribution in [1.82, 2.24) is 9.62 Å². The van der Waals surface area contributed by atoms with Crippen LogP contribution in [0.2, 0.25) is 0 Å². The second-order valence-corrected chi connectivity index (χ2v) is 10.6. The minimum Gasteiger partial charge on any atom is -0.452 e. The number of rotatable bonds is 6. The molecule has 1 aromatic rings. The van der Waals surface area contributed by atoms with Crippen molar-refractivity contribution in [1.29, 1.82) is 0 Å². The monoisotopic (exact) mass is 428 g/mol. The SMILES string of the molecule is CC(OC(=O)C1CCN(S(=O)(=O)c2cccs2)CC1)C(=O)NC1CCCCC1. The average Bonchev–Trinajstić information content (AvgIpc) is 3.24. The predicted molar refractivity (Wildman–Crippen MR) is 106 cm³/mol. The number of amides is 1. The second-order valence-electron chi connectivity index (χ2n) is 7.53. The Balaban J connectivity index is 1.46. The number of ether oxygens (including phenoxy) is 1. The van der Waals surface area contributed by atoms with Gasteiger partial charge in [-0.15, -0.1) is 11.3 Å². The molecule has 156 valence electrons. The van der Waals surface area contributed by atoms with E-state index in [9.17, 15) is 18.0 Å². The number of hydrogen-bond donors (Lipinski definition) is 1. The van der Waals surface area contributed by atoms with Gasteiger partial charge in [-0.25, -0.2) is 8.42 Å². The van der Waals surface area contributed by atoms with Crippen LogP contribution in [0, 0.1) is 5.92 Å². The highest BCUT2D eigenvalue weighted by molar-refractivity contribution is 7.91. The molecule has 28 heavy (non-hydrogen) atoms. The fourth-order valence-electron chi connectivity index (χ4n) is 3.76. The number of nitrogens with one attached hydrogen (secondary N) is 1. The molecule has 0 aromatic carbocycles. The van der Waals surface area contributed by atoms with Crippen molar-refractivity contribution in [2.45, 2.75) is 68.2 Å². The summed E-state index contributed by atoms with van der Waals surface area (Å²) in [5.41, 5.74) is 0. The highest BCUT2D eigenvalue weighted by Gasteiger charge is 2.34. The molecule has 0 bridgehead atoms. The molecule has 1 unspecified atom stereocenters. The maximum absolute atomic E-state index is 12.5. The fraction of sp³-hybridized carbons (Fsp3) is 0.684. The molecular formula is C19H28N2O5S2. The maximum Gasteiger partial charge on any atom is 0.309 e. The normalized spacial score (nSPS) is 21.2. The third-order valence-corrected chi connectivity index (χ3v) is 8.76. The lowest BCUT2D eigenvalue weighted by atomic mass is 9.95. The third-order valence-electron chi connectivity index (χ3n) is 5.49. The number of carbonyl (C=O) groups is 2. The molecule has 2 heterocycles. The summed E-state index contributed by atoms with van der Waals surface area (Å²) < 4.78 is 32.2. The van der Waals surface area contributed by atoms with Gasteiger partial charge in [0.1, 0.15) is 4.21 Å². The molecule has 1 aliphatic carbocycles. The van der Waals surface area contributed by atoms with Crippen LogP contribution >= 0.6 is 11.3 Å². The lowest BCUT2D eigenvalue weighted by Gasteiger charge is -2.30. The minimum atomic E-state index is -3.49. The zero-order valence-electron chi connectivity index (χ0n) is 16.1. The highest BCUT2D eigenvalue weighted by atomic mass is 32.2. The van der Waals surface area contributed by atoms with E-state index in [0.29, 0.717) is 17.1 Å². The topological polar surface area (TPSA) is 92.8 Å². The molecule has 2 aliphatic rings. The molecule has 0 spiro atoms. The van der Waals surface area contributed by atoms with Gasteiger partial charge in [0.2, 0.25) is 0 Å². The van der Waals surface area contributed by atoms with E-state index in [2.05, 4.69) is 5.32 Å². The van der Waals surface area contributed by atoms with Gasteiger partial charge in [-0.3, -0.25) is 9.59 Å². The summed E-state index contributed by atoms with van der Waals surface area (Å²) in [5.74, 6) is -1.04. The van der Waals surface area contributed by atoms with Gasteiger partial charge < -0.3 is 10.1 Å². The van der Waals surface area contributed by atoms with Gasteiger partial charge in [0.05, 0.1) is 5.92 Å². The maximum atomic E-state index is 12.5. The first kappa shape index (κ1) is 21.3. The van der Waals surface area contributed by atoms with Crippen LogP contribution in [-0.2, 0) is 24.3 Å². The van der Waals surface area contributed by atoms with E-state index < -0.39 is 22.1 Å². The van der Waals surface area contributed by atoms with Crippen molar-refractivity contribution < 1.29 is 22.7 Å². The molecule has 1 N–H and O–H groups in total. The van der Waals surface area contributed by atoms with Crippen LogP contribution in [0.4, 0.5) is 0 Å². The lowest BCUT2D eigenvalue weighted by Crippen LogP contribution is -2.44. The Morgan fingerprint density at radius 1 is 1.18 bits per heavy atom. The molecule has 1 amide bonds. The second kappa shape index (κ2) is 9.37. The van der Waals surface area contributed by atoms with Gasteiger partial charge in [0.25, 0.3) is 15.9 Å². The zero-order chi connectivity index (χ0) is 20.1. The standard InChI is InChI=1S/C19H28N2O5S2/c1-14(18(22)20-16-6-3-2-4-7-16)26-19(23)15-9-11-21(12-10-15)28(24,25)17-8-5-13-27-17/h5,8,13-16H,2-4,6-7,9-12H2,1H3,(H,20,22). The van der Waals surface area contributed by atoms with E-state index >= 15 is 0 Å². The Labute approximate surface area is 170 Å². The van der Waals surface area contributed by atoms with E-state index in [0.717, 1.165) is 25.7 Å². The summed E-state index contributed by atoms with van der Waals surface area (Å²) in [6.07, 6.45) is 5.37. The number of carbonyl (C=O) groups excluding carboxylic acids is 2. The molecule has 0 radical (unpaired) electrons. The molecule has 3 rings (SSSR count). The highest BCUT2D eigenvalue weighted by Crippen LogP contribution is 2.27. The van der Waals surface area contributed by atoms with Crippen molar-refractivity contribution in [2.24, 2.45) is 5.92 Å². The Morgan fingerprint density at radius 2 is 1.86 bits per heavy atom. The first-order chi connectivity index (χ1) is 13.4. The predicted octanol–water partition coefficient (Wildman–Crippen LogP) is 2.53. The Kier molecular flexibility index (Phi) is 7.11. The molecule has 1 saturated carbocycles. The molecule has 9 heteroatoms. The molecule has 2 fully saturated rings. The largest absolute Gasteiger partial charge is 0.452 e. The Hall–Kier alpha value is -1.45. The van der Waals surface area contributed by atoms with Gasteiger partial charge in [0, 0.05) is 19.1 Å². The van der Waals surface area contributed by atoms with Crippen LogP contribution in [-0.4, -0.2) is 49.8 Å². The number of piperidine rings is 1. The number of nitrogens with zero attached hydrogens (tertiary/aromatic N) is 1. The molecule has 1 aromatic heterocycles. The summed E-state index contributed by atoms with van der Waals surface area (Å²) in [5, 5.41) is 4.70. The molecule has 1 atom stereocenters. The van der Waals surface area contributed by atoms with Crippen molar-refractivity contribution in [2.75, 3.05) is 13.1 Å². The van der Waals surface area contributed by atoms with Crippen molar-refractivity contribution in [3.8, 4) is 0 Å². The quantitative estimate of drug-likeness (QED) is 0.703. The van der Waals surface area contributed by atoms with Gasteiger partial charge in [-0.2, -0.15) is 4.31 Å². The van der Waals surface area contributed by atoms with E-state index in [1.54, 1.807) is 24.4 Å².